The highest BCUT2D eigenvalue weighted by Gasteiger charge is 2.21. The van der Waals surface area contributed by atoms with E-state index in [-0.39, 0.29) is 5.41 Å². The van der Waals surface area contributed by atoms with Gasteiger partial charge in [-0.05, 0) is 48.9 Å². The third kappa shape index (κ3) is 4.87. The number of aryl methyl sites for hydroxylation is 1. The Labute approximate surface area is 131 Å². The summed E-state index contributed by atoms with van der Waals surface area (Å²) in [6, 6.07) is 12.3. The van der Waals surface area contributed by atoms with Crippen LogP contribution >= 0.6 is 11.3 Å². The quantitative estimate of drug-likeness (QED) is 0.797. The van der Waals surface area contributed by atoms with E-state index in [1.807, 2.05) is 23.5 Å². The van der Waals surface area contributed by atoms with Crippen molar-refractivity contribution in [3.05, 3.63) is 52.2 Å². The van der Waals surface area contributed by atoms with Gasteiger partial charge in [0.1, 0.15) is 5.75 Å². The van der Waals surface area contributed by atoms with Crippen LogP contribution in [0.1, 0.15) is 37.6 Å². The van der Waals surface area contributed by atoms with Crippen molar-refractivity contribution in [3.63, 3.8) is 0 Å². The second-order valence-electron chi connectivity index (χ2n) is 6.35. The molecule has 1 aromatic heterocycles. The molecule has 1 heterocycles. The normalized spacial score (nSPS) is 13.3. The van der Waals surface area contributed by atoms with Gasteiger partial charge >= 0.3 is 0 Å². The molecule has 114 valence electrons. The summed E-state index contributed by atoms with van der Waals surface area (Å²) >= 11 is 1.83. The Kier molecular flexibility index (Phi) is 5.43. The second kappa shape index (κ2) is 7.10. The van der Waals surface area contributed by atoms with Gasteiger partial charge in [0.2, 0.25) is 0 Å². The van der Waals surface area contributed by atoms with Crippen molar-refractivity contribution in [2.45, 2.75) is 45.1 Å². The molecule has 0 amide bonds. The van der Waals surface area contributed by atoms with Gasteiger partial charge in [0.25, 0.3) is 0 Å². The van der Waals surface area contributed by atoms with Gasteiger partial charge in [-0.3, -0.25) is 0 Å². The smallest absolute Gasteiger partial charge is 0.115 e. The minimum Gasteiger partial charge on any atom is -0.508 e. The highest BCUT2D eigenvalue weighted by molar-refractivity contribution is 7.10. The topological polar surface area (TPSA) is 32.3 Å². The first-order valence-corrected chi connectivity index (χ1v) is 8.40. The van der Waals surface area contributed by atoms with Crippen LogP contribution in [0, 0.1) is 0 Å². The van der Waals surface area contributed by atoms with Crippen molar-refractivity contribution >= 4 is 11.3 Å². The molecular formula is C18H25NOS. The summed E-state index contributed by atoms with van der Waals surface area (Å²) in [7, 11) is 0. The molecule has 2 N–H and O–H groups in total. The van der Waals surface area contributed by atoms with Crippen LogP contribution in [0.3, 0.4) is 0 Å². The van der Waals surface area contributed by atoms with Crippen LogP contribution in [-0.2, 0) is 11.8 Å². The van der Waals surface area contributed by atoms with E-state index in [2.05, 4.69) is 43.6 Å². The van der Waals surface area contributed by atoms with Gasteiger partial charge in [-0.15, -0.1) is 11.3 Å². The van der Waals surface area contributed by atoms with Gasteiger partial charge in [-0.25, -0.2) is 0 Å². The van der Waals surface area contributed by atoms with Crippen molar-refractivity contribution in [2.24, 2.45) is 0 Å². The zero-order valence-corrected chi connectivity index (χ0v) is 13.9. The number of nitrogens with one attached hydrogen (secondary N) is 1. The first-order chi connectivity index (χ1) is 9.97. The maximum Gasteiger partial charge on any atom is 0.115 e. The molecule has 1 atom stereocenters. The van der Waals surface area contributed by atoms with E-state index in [0.717, 1.165) is 19.4 Å². The maximum absolute atomic E-state index is 9.29. The fourth-order valence-corrected chi connectivity index (χ4v) is 3.18. The molecule has 0 spiro atoms. The number of phenolic OH excluding ortho intramolecular Hbond substituents is 1. The SMILES string of the molecule is CC(CCc1ccc(O)cc1)NCC(C)(C)c1cccs1. The molecule has 2 aromatic rings. The lowest BCUT2D eigenvalue weighted by molar-refractivity contribution is 0.422. The predicted octanol–water partition coefficient (Wildman–Crippen LogP) is 4.34. The van der Waals surface area contributed by atoms with Crippen LogP contribution in [-0.4, -0.2) is 17.7 Å². The van der Waals surface area contributed by atoms with Crippen LogP contribution in [0.2, 0.25) is 0 Å². The summed E-state index contributed by atoms with van der Waals surface area (Å²) in [5.74, 6) is 0.336. The van der Waals surface area contributed by atoms with E-state index in [1.54, 1.807) is 12.1 Å². The molecule has 0 radical (unpaired) electrons. The summed E-state index contributed by atoms with van der Waals surface area (Å²) < 4.78 is 0. The number of hydrogen-bond acceptors (Lipinski definition) is 3. The molecule has 21 heavy (non-hydrogen) atoms. The number of rotatable bonds is 7. The van der Waals surface area contributed by atoms with Crippen LogP contribution < -0.4 is 5.32 Å². The molecule has 0 fully saturated rings. The van der Waals surface area contributed by atoms with Crippen molar-refractivity contribution in [1.29, 1.82) is 0 Å². The van der Waals surface area contributed by atoms with Gasteiger partial charge in [0, 0.05) is 22.9 Å². The van der Waals surface area contributed by atoms with Crippen molar-refractivity contribution in [1.82, 2.24) is 5.32 Å². The van der Waals surface area contributed by atoms with E-state index in [1.165, 1.54) is 10.4 Å². The van der Waals surface area contributed by atoms with E-state index in [4.69, 9.17) is 0 Å². The number of aromatic hydroxyl groups is 1. The molecule has 1 unspecified atom stereocenters. The lowest BCUT2D eigenvalue weighted by atomic mass is 9.91. The molecule has 0 aliphatic carbocycles. The fraction of sp³-hybridized carbons (Fsp3) is 0.444. The predicted molar refractivity (Wildman–Crippen MR) is 91.2 cm³/mol. The number of benzene rings is 1. The third-order valence-electron chi connectivity index (χ3n) is 3.88. The van der Waals surface area contributed by atoms with Crippen molar-refractivity contribution in [2.75, 3.05) is 6.54 Å². The number of thiophene rings is 1. The molecule has 2 rings (SSSR count). The average Bonchev–Trinajstić information content (AvgIpc) is 3.00. The van der Waals surface area contributed by atoms with Crippen LogP contribution in [0.15, 0.2) is 41.8 Å². The first kappa shape index (κ1) is 16.1. The van der Waals surface area contributed by atoms with Gasteiger partial charge in [-0.1, -0.05) is 32.0 Å². The maximum atomic E-state index is 9.29. The molecular weight excluding hydrogens is 278 g/mol. The summed E-state index contributed by atoms with van der Waals surface area (Å²) in [6.45, 7) is 7.81. The van der Waals surface area contributed by atoms with E-state index in [9.17, 15) is 5.11 Å². The molecule has 0 aliphatic heterocycles. The fourth-order valence-electron chi connectivity index (χ4n) is 2.33. The Bertz CT molecular complexity index is 531. The highest BCUT2D eigenvalue weighted by Crippen LogP contribution is 2.26. The molecule has 0 aliphatic rings. The first-order valence-electron chi connectivity index (χ1n) is 7.53. The molecule has 3 heteroatoms. The highest BCUT2D eigenvalue weighted by atomic mass is 32.1. The summed E-state index contributed by atoms with van der Waals surface area (Å²) in [4.78, 5) is 1.43. The van der Waals surface area contributed by atoms with Crippen LogP contribution in [0.4, 0.5) is 0 Å². The molecule has 0 bridgehead atoms. The van der Waals surface area contributed by atoms with E-state index in [0.29, 0.717) is 11.8 Å². The van der Waals surface area contributed by atoms with Crippen LogP contribution in [0.25, 0.3) is 0 Å². The third-order valence-corrected chi connectivity index (χ3v) is 5.12. The van der Waals surface area contributed by atoms with Gasteiger partial charge in [0.15, 0.2) is 0 Å². The standard InChI is InChI=1S/C18H25NOS/c1-14(6-7-15-8-10-16(20)11-9-15)19-13-18(2,3)17-5-4-12-21-17/h4-5,8-12,14,19-20H,6-7,13H2,1-3H3. The Morgan fingerprint density at radius 3 is 2.52 bits per heavy atom. The largest absolute Gasteiger partial charge is 0.508 e. The Hall–Kier alpha value is -1.32. The molecule has 1 aromatic carbocycles. The Morgan fingerprint density at radius 2 is 1.90 bits per heavy atom. The van der Waals surface area contributed by atoms with Gasteiger partial charge in [-0.2, -0.15) is 0 Å². The number of hydrogen-bond donors (Lipinski definition) is 2. The monoisotopic (exact) mass is 303 g/mol. The molecule has 0 saturated heterocycles. The second-order valence-corrected chi connectivity index (χ2v) is 7.30. The zero-order chi connectivity index (χ0) is 15.3. The lowest BCUT2D eigenvalue weighted by Crippen LogP contribution is -2.37. The van der Waals surface area contributed by atoms with E-state index < -0.39 is 0 Å². The lowest BCUT2D eigenvalue weighted by Gasteiger charge is -2.26. The average molecular weight is 303 g/mol. The minimum atomic E-state index is 0.182. The van der Waals surface area contributed by atoms with Gasteiger partial charge in [0.05, 0.1) is 0 Å². The summed E-state index contributed by atoms with van der Waals surface area (Å²) in [6.07, 6.45) is 2.14. The Morgan fingerprint density at radius 1 is 1.19 bits per heavy atom. The van der Waals surface area contributed by atoms with E-state index >= 15 is 0 Å². The zero-order valence-electron chi connectivity index (χ0n) is 13.1. The van der Waals surface area contributed by atoms with Crippen molar-refractivity contribution in [3.8, 4) is 5.75 Å². The summed E-state index contributed by atoms with van der Waals surface area (Å²) in [5.41, 5.74) is 1.46. The van der Waals surface area contributed by atoms with Crippen molar-refractivity contribution < 1.29 is 5.11 Å². The molecule has 2 nitrogen and oxygen atoms in total. The Balaban J connectivity index is 1.77. The minimum absolute atomic E-state index is 0.182. The van der Waals surface area contributed by atoms with Gasteiger partial charge < -0.3 is 10.4 Å². The summed E-state index contributed by atoms with van der Waals surface area (Å²) in [5, 5.41) is 15.1. The molecule has 0 saturated carbocycles. The number of phenols is 1. The van der Waals surface area contributed by atoms with Crippen LogP contribution in [0.5, 0.6) is 5.75 Å².